The highest BCUT2D eigenvalue weighted by atomic mass is 19.4. The fourth-order valence-electron chi connectivity index (χ4n) is 2.17. The Hall–Kier alpha value is -1.86. The summed E-state index contributed by atoms with van der Waals surface area (Å²) in [7, 11) is 0. The standard InChI is InChI=1S/C16H20F3N3O/c1-12(7-9-23)10-20-11-13-2-4-14(5-3-13)22-8-6-15(21-22)16(17,18)19/h2-6,8,12,20,23H,7,9-11H2,1H3. The zero-order chi connectivity index (χ0) is 16.9. The molecule has 126 valence electrons. The molecule has 2 rings (SSSR count). The first-order valence-electron chi connectivity index (χ1n) is 7.44. The number of nitrogens with zero attached hydrogens (tertiary/aromatic N) is 2. The third-order valence-electron chi connectivity index (χ3n) is 3.52. The van der Waals surface area contributed by atoms with Crippen molar-refractivity contribution in [1.29, 1.82) is 0 Å². The van der Waals surface area contributed by atoms with Gasteiger partial charge < -0.3 is 10.4 Å². The summed E-state index contributed by atoms with van der Waals surface area (Å²) in [6.07, 6.45) is -2.38. The van der Waals surface area contributed by atoms with E-state index in [1.165, 1.54) is 10.9 Å². The molecule has 1 aromatic carbocycles. The van der Waals surface area contributed by atoms with Crippen molar-refractivity contribution in [3.8, 4) is 5.69 Å². The van der Waals surface area contributed by atoms with E-state index in [-0.39, 0.29) is 6.61 Å². The second kappa shape index (κ2) is 7.61. The lowest BCUT2D eigenvalue weighted by molar-refractivity contribution is -0.141. The van der Waals surface area contributed by atoms with Crippen LogP contribution in [0, 0.1) is 5.92 Å². The number of halogens is 3. The smallest absolute Gasteiger partial charge is 0.396 e. The van der Waals surface area contributed by atoms with Crippen molar-refractivity contribution in [2.24, 2.45) is 5.92 Å². The summed E-state index contributed by atoms with van der Waals surface area (Å²) in [5.41, 5.74) is 0.715. The maximum absolute atomic E-state index is 12.5. The van der Waals surface area contributed by atoms with Gasteiger partial charge in [-0.2, -0.15) is 18.3 Å². The Morgan fingerprint density at radius 1 is 1.22 bits per heavy atom. The van der Waals surface area contributed by atoms with Crippen LogP contribution in [0.2, 0.25) is 0 Å². The topological polar surface area (TPSA) is 50.1 Å². The van der Waals surface area contributed by atoms with Crippen LogP contribution in [-0.4, -0.2) is 28.0 Å². The molecule has 1 atom stereocenters. The van der Waals surface area contributed by atoms with Crippen LogP contribution in [0.3, 0.4) is 0 Å². The molecule has 4 nitrogen and oxygen atoms in total. The molecule has 7 heteroatoms. The molecule has 0 saturated carbocycles. The van der Waals surface area contributed by atoms with Gasteiger partial charge in [0.2, 0.25) is 0 Å². The van der Waals surface area contributed by atoms with E-state index in [0.717, 1.165) is 24.6 Å². The monoisotopic (exact) mass is 327 g/mol. The van der Waals surface area contributed by atoms with Crippen molar-refractivity contribution >= 4 is 0 Å². The van der Waals surface area contributed by atoms with Gasteiger partial charge in [-0.3, -0.25) is 0 Å². The molecule has 1 heterocycles. The minimum Gasteiger partial charge on any atom is -0.396 e. The molecule has 23 heavy (non-hydrogen) atoms. The van der Waals surface area contributed by atoms with Crippen molar-refractivity contribution in [2.45, 2.75) is 26.1 Å². The van der Waals surface area contributed by atoms with Crippen molar-refractivity contribution in [3.05, 3.63) is 47.8 Å². The minimum absolute atomic E-state index is 0.182. The van der Waals surface area contributed by atoms with E-state index in [1.54, 1.807) is 12.1 Å². The maximum atomic E-state index is 12.5. The van der Waals surface area contributed by atoms with Gasteiger partial charge in [-0.1, -0.05) is 19.1 Å². The van der Waals surface area contributed by atoms with Gasteiger partial charge >= 0.3 is 6.18 Å². The van der Waals surface area contributed by atoms with Gasteiger partial charge in [-0.25, -0.2) is 4.68 Å². The molecular weight excluding hydrogens is 307 g/mol. The van der Waals surface area contributed by atoms with Crippen molar-refractivity contribution in [3.63, 3.8) is 0 Å². The Bertz CT molecular complexity index is 608. The quantitative estimate of drug-likeness (QED) is 0.822. The third-order valence-corrected chi connectivity index (χ3v) is 3.52. The van der Waals surface area contributed by atoms with Gasteiger partial charge in [0.25, 0.3) is 0 Å². The van der Waals surface area contributed by atoms with Gasteiger partial charge in [0.15, 0.2) is 5.69 Å². The molecule has 0 aliphatic carbocycles. The lowest BCUT2D eigenvalue weighted by Crippen LogP contribution is -2.21. The van der Waals surface area contributed by atoms with Gasteiger partial charge in [-0.15, -0.1) is 0 Å². The summed E-state index contributed by atoms with van der Waals surface area (Å²) in [6.45, 7) is 3.71. The van der Waals surface area contributed by atoms with Gasteiger partial charge in [0.1, 0.15) is 0 Å². The normalized spacial score (nSPS) is 13.3. The van der Waals surface area contributed by atoms with Crippen molar-refractivity contribution < 1.29 is 18.3 Å². The van der Waals surface area contributed by atoms with E-state index in [0.29, 0.717) is 18.2 Å². The molecule has 0 aliphatic heterocycles. The average Bonchev–Trinajstić information content (AvgIpc) is 2.98. The first kappa shape index (κ1) is 17.5. The van der Waals surface area contributed by atoms with E-state index in [4.69, 9.17) is 5.11 Å². The maximum Gasteiger partial charge on any atom is 0.435 e. The lowest BCUT2D eigenvalue weighted by atomic mass is 10.1. The van der Waals surface area contributed by atoms with Gasteiger partial charge in [-0.05, 0) is 42.6 Å². The number of benzene rings is 1. The Morgan fingerprint density at radius 2 is 1.91 bits per heavy atom. The highest BCUT2D eigenvalue weighted by Crippen LogP contribution is 2.27. The summed E-state index contributed by atoms with van der Waals surface area (Å²) in [6, 6.07) is 8.14. The molecular formula is C16H20F3N3O. The predicted octanol–water partition coefficient (Wildman–Crippen LogP) is 3.00. The predicted molar refractivity (Wildman–Crippen MR) is 81.1 cm³/mol. The largest absolute Gasteiger partial charge is 0.435 e. The van der Waals surface area contributed by atoms with Crippen LogP contribution >= 0.6 is 0 Å². The number of alkyl halides is 3. The van der Waals surface area contributed by atoms with Crippen LogP contribution in [-0.2, 0) is 12.7 Å². The molecule has 1 aromatic heterocycles. The summed E-state index contributed by atoms with van der Waals surface area (Å²) in [5.74, 6) is 0.393. The summed E-state index contributed by atoms with van der Waals surface area (Å²) >= 11 is 0. The summed E-state index contributed by atoms with van der Waals surface area (Å²) in [4.78, 5) is 0. The Morgan fingerprint density at radius 3 is 2.48 bits per heavy atom. The second-order valence-electron chi connectivity index (χ2n) is 5.56. The highest BCUT2D eigenvalue weighted by molar-refractivity contribution is 5.34. The molecule has 0 aliphatic rings. The highest BCUT2D eigenvalue weighted by Gasteiger charge is 2.33. The fraction of sp³-hybridized carbons (Fsp3) is 0.438. The molecule has 0 fully saturated rings. The Labute approximate surface area is 132 Å². The number of aliphatic hydroxyl groups excluding tert-OH is 1. The van der Waals surface area contributed by atoms with Gasteiger partial charge in [0.05, 0.1) is 5.69 Å². The van der Waals surface area contributed by atoms with Crippen LogP contribution in [0.25, 0.3) is 5.69 Å². The van der Waals surface area contributed by atoms with Crippen molar-refractivity contribution in [1.82, 2.24) is 15.1 Å². The molecule has 1 unspecified atom stereocenters. The fourth-order valence-corrected chi connectivity index (χ4v) is 2.17. The lowest BCUT2D eigenvalue weighted by Gasteiger charge is -2.11. The zero-order valence-electron chi connectivity index (χ0n) is 12.8. The van der Waals surface area contributed by atoms with Crippen LogP contribution in [0.1, 0.15) is 24.6 Å². The summed E-state index contributed by atoms with van der Waals surface area (Å²) in [5, 5.41) is 15.7. The number of aliphatic hydroxyl groups is 1. The molecule has 2 aromatic rings. The van der Waals surface area contributed by atoms with Gasteiger partial charge in [0, 0.05) is 19.3 Å². The van der Waals surface area contributed by atoms with Crippen LogP contribution in [0.4, 0.5) is 13.2 Å². The number of hydrogen-bond donors (Lipinski definition) is 2. The minimum atomic E-state index is -4.43. The average molecular weight is 327 g/mol. The van der Waals surface area contributed by atoms with E-state index < -0.39 is 11.9 Å². The first-order chi connectivity index (χ1) is 10.9. The van der Waals surface area contributed by atoms with E-state index in [2.05, 4.69) is 17.3 Å². The number of aromatic nitrogens is 2. The number of rotatable bonds is 7. The van der Waals surface area contributed by atoms with Crippen LogP contribution < -0.4 is 5.32 Å². The Balaban J connectivity index is 1.93. The van der Waals surface area contributed by atoms with E-state index >= 15 is 0 Å². The molecule has 0 radical (unpaired) electrons. The van der Waals surface area contributed by atoms with E-state index in [9.17, 15) is 13.2 Å². The molecule has 2 N–H and O–H groups in total. The first-order valence-corrected chi connectivity index (χ1v) is 7.44. The number of hydrogen-bond acceptors (Lipinski definition) is 3. The third kappa shape index (κ3) is 5.07. The second-order valence-corrected chi connectivity index (χ2v) is 5.56. The summed E-state index contributed by atoms with van der Waals surface area (Å²) < 4.78 is 38.8. The zero-order valence-corrected chi connectivity index (χ0v) is 12.8. The molecule has 0 amide bonds. The van der Waals surface area contributed by atoms with E-state index in [1.807, 2.05) is 12.1 Å². The number of nitrogens with one attached hydrogen (secondary N) is 1. The molecule has 0 bridgehead atoms. The molecule has 0 saturated heterocycles. The Kier molecular flexibility index (Phi) is 5.79. The van der Waals surface area contributed by atoms with Crippen LogP contribution in [0.5, 0.6) is 0 Å². The SMILES string of the molecule is CC(CCO)CNCc1ccc(-n2ccc(C(F)(F)F)n2)cc1. The van der Waals surface area contributed by atoms with Crippen molar-refractivity contribution in [2.75, 3.05) is 13.2 Å². The van der Waals surface area contributed by atoms with Crippen LogP contribution in [0.15, 0.2) is 36.5 Å². The molecule has 0 spiro atoms.